The van der Waals surface area contributed by atoms with Crippen molar-refractivity contribution in [2.24, 2.45) is 17.8 Å². The van der Waals surface area contributed by atoms with Gasteiger partial charge in [0.15, 0.2) is 0 Å². The Kier molecular flexibility index (Phi) is 5.49. The predicted molar refractivity (Wildman–Crippen MR) is 98.7 cm³/mol. The molecular formula is C19H28N2O3S. The summed E-state index contributed by atoms with van der Waals surface area (Å²) in [6, 6.07) is 6.58. The summed E-state index contributed by atoms with van der Waals surface area (Å²) in [7, 11) is -3.51. The monoisotopic (exact) mass is 364 g/mol. The highest BCUT2D eigenvalue weighted by molar-refractivity contribution is 7.89. The van der Waals surface area contributed by atoms with Crippen LogP contribution in [0.5, 0.6) is 0 Å². The van der Waals surface area contributed by atoms with E-state index in [0.717, 1.165) is 5.92 Å². The predicted octanol–water partition coefficient (Wildman–Crippen LogP) is 3.48. The van der Waals surface area contributed by atoms with Crippen LogP contribution in [0.15, 0.2) is 29.2 Å². The summed E-state index contributed by atoms with van der Waals surface area (Å²) in [5.41, 5.74) is 0.557. The Bertz CT molecular complexity index is 728. The van der Waals surface area contributed by atoms with Crippen molar-refractivity contribution in [3.8, 4) is 0 Å². The molecule has 0 aromatic heterocycles. The highest BCUT2D eigenvalue weighted by atomic mass is 32.2. The molecule has 0 aliphatic heterocycles. The van der Waals surface area contributed by atoms with E-state index in [2.05, 4.69) is 5.32 Å². The molecule has 3 rings (SSSR count). The maximum atomic E-state index is 12.6. The highest BCUT2D eigenvalue weighted by Gasteiger charge is 2.40. The molecular weight excluding hydrogens is 336 g/mol. The number of carbonyl (C=O) groups excluding carboxylic acids is 1. The second-order valence-corrected chi connectivity index (χ2v) is 9.24. The minimum Gasteiger partial charge on any atom is -0.326 e. The molecule has 1 amide bonds. The van der Waals surface area contributed by atoms with Gasteiger partial charge in [0.05, 0.1) is 4.90 Å². The molecule has 1 aromatic carbocycles. The number of hydrogen-bond acceptors (Lipinski definition) is 3. The molecule has 2 fully saturated rings. The molecule has 0 spiro atoms. The van der Waals surface area contributed by atoms with Crippen LogP contribution in [0.25, 0.3) is 0 Å². The third-order valence-electron chi connectivity index (χ3n) is 5.79. The summed E-state index contributed by atoms with van der Waals surface area (Å²) in [6.45, 7) is 4.50. The summed E-state index contributed by atoms with van der Waals surface area (Å²) in [4.78, 5) is 12.6. The highest BCUT2D eigenvalue weighted by Crippen LogP contribution is 2.49. The lowest BCUT2D eigenvalue weighted by molar-refractivity contribution is -0.117. The number of sulfonamides is 1. The van der Waals surface area contributed by atoms with Gasteiger partial charge in [-0.15, -0.1) is 0 Å². The zero-order valence-electron chi connectivity index (χ0n) is 15.1. The number of nitrogens with zero attached hydrogens (tertiary/aromatic N) is 1. The van der Waals surface area contributed by atoms with Crippen LogP contribution in [0, 0.1) is 17.8 Å². The number of fused-ring (bicyclic) bond motifs is 2. The minimum atomic E-state index is -3.51. The van der Waals surface area contributed by atoms with E-state index in [1.165, 1.54) is 30.0 Å². The molecule has 0 radical (unpaired) electrons. The number of amides is 1. The topological polar surface area (TPSA) is 66.5 Å². The fraction of sp³-hybridized carbons (Fsp3) is 0.632. The maximum absolute atomic E-state index is 12.6. The van der Waals surface area contributed by atoms with Crippen LogP contribution < -0.4 is 5.32 Å². The Morgan fingerprint density at radius 2 is 1.96 bits per heavy atom. The molecule has 1 N–H and O–H groups in total. The first-order valence-corrected chi connectivity index (χ1v) is 10.8. The Balaban J connectivity index is 1.66. The van der Waals surface area contributed by atoms with Crippen molar-refractivity contribution in [3.63, 3.8) is 0 Å². The van der Waals surface area contributed by atoms with E-state index in [9.17, 15) is 13.2 Å². The molecule has 3 unspecified atom stereocenters. The van der Waals surface area contributed by atoms with Crippen LogP contribution in [0.3, 0.4) is 0 Å². The van der Waals surface area contributed by atoms with Gasteiger partial charge in [-0.3, -0.25) is 4.79 Å². The molecule has 2 bridgehead atoms. The first kappa shape index (κ1) is 18.4. The molecule has 3 atom stereocenters. The van der Waals surface area contributed by atoms with Crippen molar-refractivity contribution in [2.75, 3.05) is 18.4 Å². The fourth-order valence-electron chi connectivity index (χ4n) is 4.52. The Morgan fingerprint density at radius 1 is 1.20 bits per heavy atom. The Morgan fingerprint density at radius 3 is 2.56 bits per heavy atom. The normalized spacial score (nSPS) is 25.5. The van der Waals surface area contributed by atoms with Gasteiger partial charge in [-0.25, -0.2) is 8.42 Å². The summed E-state index contributed by atoms with van der Waals surface area (Å²) in [6.07, 6.45) is 5.60. The number of hydrogen-bond donors (Lipinski definition) is 1. The van der Waals surface area contributed by atoms with E-state index in [1.54, 1.807) is 24.3 Å². The van der Waals surface area contributed by atoms with Gasteiger partial charge >= 0.3 is 0 Å². The van der Waals surface area contributed by atoms with Gasteiger partial charge < -0.3 is 5.32 Å². The van der Waals surface area contributed by atoms with Gasteiger partial charge in [0.25, 0.3) is 0 Å². The van der Waals surface area contributed by atoms with E-state index < -0.39 is 10.0 Å². The summed E-state index contributed by atoms with van der Waals surface area (Å²) >= 11 is 0. The lowest BCUT2D eigenvalue weighted by atomic mass is 9.86. The second kappa shape index (κ2) is 7.46. The summed E-state index contributed by atoms with van der Waals surface area (Å²) < 4.78 is 26.6. The fourth-order valence-corrected chi connectivity index (χ4v) is 6.03. The smallest absolute Gasteiger partial charge is 0.243 e. The van der Waals surface area contributed by atoms with Crippen molar-refractivity contribution in [1.29, 1.82) is 0 Å². The van der Waals surface area contributed by atoms with Gasteiger partial charge in [-0.05, 0) is 55.2 Å². The van der Waals surface area contributed by atoms with Gasteiger partial charge in [0.2, 0.25) is 15.9 Å². The average molecular weight is 365 g/mol. The van der Waals surface area contributed by atoms with Crippen LogP contribution >= 0.6 is 0 Å². The largest absolute Gasteiger partial charge is 0.326 e. The van der Waals surface area contributed by atoms with Crippen molar-refractivity contribution in [3.05, 3.63) is 24.3 Å². The lowest BCUT2D eigenvalue weighted by Gasteiger charge is -2.21. The van der Waals surface area contributed by atoms with E-state index in [-0.39, 0.29) is 10.8 Å². The van der Waals surface area contributed by atoms with Crippen molar-refractivity contribution >= 4 is 21.6 Å². The molecule has 6 heteroatoms. The molecule has 2 aliphatic rings. The van der Waals surface area contributed by atoms with Crippen LogP contribution in [0.4, 0.5) is 5.69 Å². The quantitative estimate of drug-likeness (QED) is 0.805. The molecule has 1 aromatic rings. The van der Waals surface area contributed by atoms with E-state index >= 15 is 0 Å². The second-order valence-electron chi connectivity index (χ2n) is 7.30. The van der Waals surface area contributed by atoms with Crippen molar-refractivity contribution in [1.82, 2.24) is 4.31 Å². The minimum absolute atomic E-state index is 0.00469. The van der Waals surface area contributed by atoms with Crippen LogP contribution in [-0.2, 0) is 14.8 Å². The third kappa shape index (κ3) is 3.90. The number of benzene rings is 1. The Labute approximate surface area is 150 Å². The van der Waals surface area contributed by atoms with Gasteiger partial charge in [0, 0.05) is 25.2 Å². The first-order valence-electron chi connectivity index (χ1n) is 9.34. The standard InChI is InChI=1S/C19H28N2O3S/c1-3-21(4-2)25(23,24)18-7-5-6-17(13-18)20-19(22)12-16-11-14-8-9-15(16)10-14/h5-7,13-16H,3-4,8-12H2,1-2H3,(H,20,22). The molecule has 25 heavy (non-hydrogen) atoms. The number of anilines is 1. The summed E-state index contributed by atoms with van der Waals surface area (Å²) in [5, 5.41) is 2.89. The number of rotatable bonds is 7. The Hall–Kier alpha value is -1.40. The van der Waals surface area contributed by atoms with Gasteiger partial charge in [0.1, 0.15) is 0 Å². The third-order valence-corrected chi connectivity index (χ3v) is 7.84. The van der Waals surface area contributed by atoms with E-state index in [4.69, 9.17) is 0 Å². The van der Waals surface area contributed by atoms with Gasteiger partial charge in [-0.1, -0.05) is 26.3 Å². The molecule has 2 aliphatic carbocycles. The van der Waals surface area contributed by atoms with Crippen molar-refractivity contribution in [2.45, 2.75) is 50.8 Å². The van der Waals surface area contributed by atoms with Gasteiger partial charge in [-0.2, -0.15) is 4.31 Å². The lowest BCUT2D eigenvalue weighted by Crippen LogP contribution is -2.30. The van der Waals surface area contributed by atoms with E-state index in [0.29, 0.717) is 37.0 Å². The molecule has 0 saturated heterocycles. The molecule has 2 saturated carbocycles. The maximum Gasteiger partial charge on any atom is 0.243 e. The first-order chi connectivity index (χ1) is 11.9. The molecule has 0 heterocycles. The van der Waals surface area contributed by atoms with Crippen LogP contribution in [-0.4, -0.2) is 31.7 Å². The molecule has 138 valence electrons. The zero-order chi connectivity index (χ0) is 18.0. The van der Waals surface area contributed by atoms with Crippen LogP contribution in [0.1, 0.15) is 46.0 Å². The average Bonchev–Trinajstić information content (AvgIpc) is 3.18. The SMILES string of the molecule is CCN(CC)S(=O)(=O)c1cccc(NC(=O)CC2CC3CCC2C3)c1. The number of nitrogens with one attached hydrogen (secondary N) is 1. The molecule has 5 nitrogen and oxygen atoms in total. The van der Waals surface area contributed by atoms with E-state index in [1.807, 2.05) is 13.8 Å². The van der Waals surface area contributed by atoms with Crippen LogP contribution in [0.2, 0.25) is 0 Å². The number of carbonyl (C=O) groups is 1. The summed E-state index contributed by atoms with van der Waals surface area (Å²) in [5.74, 6) is 2.03. The van der Waals surface area contributed by atoms with Crippen molar-refractivity contribution < 1.29 is 13.2 Å². The zero-order valence-corrected chi connectivity index (χ0v) is 15.9.